The summed E-state index contributed by atoms with van der Waals surface area (Å²) in [5.41, 5.74) is -1.12. The fourth-order valence-electron chi connectivity index (χ4n) is 9.87. The molecule has 1 aliphatic heterocycles. The van der Waals surface area contributed by atoms with Crippen molar-refractivity contribution in [3.8, 4) is 11.3 Å². The molecule has 1 fully saturated rings. The number of alkyl halides is 6. The predicted octanol–water partition coefficient (Wildman–Crippen LogP) is 8.78. The van der Waals surface area contributed by atoms with Crippen molar-refractivity contribution in [3.05, 3.63) is 169 Å². The number of anilines is 2. The summed E-state index contributed by atoms with van der Waals surface area (Å²) in [7, 11) is 3.57. The standard InChI is InChI=1S/C28H32BF5N4O5.C27H25F5N6O4.C6H7ClN2O/c1-7-21(28(32,33)34)36-15-12-18(30)22(19(31)13-15)24(39)37-20(25(40)41-6)14-16-8-9-17(23-35-10-11-38(16)23)29-42-26(2,3)27(4,5)43-29;1-4-20(27(30,31)32)35-14-9-17(28)21(18(29)10-14)24(39)36-19(26(41)42)11-15-5-6-16(23-33-7-8-38(15)23)22-25(40)37(3)12-13(2)34-22;1-4-3-9(2)6(10)5(7)8-4/h8-13,20-21,36H,7,14H2,1-6H3,(H,37,39);5-10,12,19-20,35H,4,11H2,1-3H3,(H,36,39)(H,41,42);3H,1-2H3/t20-,21+;19-,20+;/m00./s1. The van der Waals surface area contributed by atoms with Crippen LogP contribution in [-0.4, -0.2) is 129 Å². The van der Waals surface area contributed by atoms with E-state index in [1.165, 1.54) is 58.1 Å². The van der Waals surface area contributed by atoms with E-state index in [0.717, 1.165) is 12.8 Å². The Bertz CT molecular complexity index is 4240. The fourth-order valence-corrected chi connectivity index (χ4v) is 10.1. The lowest BCUT2D eigenvalue weighted by atomic mass is 9.79. The molecule has 7 heterocycles. The lowest BCUT2D eigenvalue weighted by Crippen LogP contribution is -2.44. The average Bonchev–Trinajstić information content (AvgIpc) is 1.65. The van der Waals surface area contributed by atoms with Crippen LogP contribution in [0.3, 0.4) is 0 Å². The van der Waals surface area contributed by atoms with Gasteiger partial charge < -0.3 is 58.4 Å². The third-order valence-corrected chi connectivity index (χ3v) is 15.7. The number of methoxy groups -OCH3 is 1. The van der Waals surface area contributed by atoms with E-state index in [1.54, 1.807) is 63.1 Å². The maximum atomic E-state index is 14.9. The van der Waals surface area contributed by atoms with Gasteiger partial charge >= 0.3 is 31.4 Å². The Hall–Kier alpha value is -9.37. The summed E-state index contributed by atoms with van der Waals surface area (Å²) in [4.78, 5) is 90.7. The Labute approximate surface area is 540 Å². The highest BCUT2D eigenvalue weighted by molar-refractivity contribution is 6.64. The number of hydrogen-bond acceptors (Lipinski definition) is 15. The van der Waals surface area contributed by atoms with Gasteiger partial charge in [0.2, 0.25) is 0 Å². The lowest BCUT2D eigenvalue weighted by molar-refractivity contribution is -0.143. The number of carbonyl (C=O) groups is 4. The molecule has 0 unspecified atom stereocenters. The van der Waals surface area contributed by atoms with Crippen LogP contribution in [0.25, 0.3) is 22.6 Å². The molecule has 34 heteroatoms. The second-order valence-electron chi connectivity index (χ2n) is 22.8. The average molecular weight is 1360 g/mol. The molecule has 9 rings (SSSR count). The summed E-state index contributed by atoms with van der Waals surface area (Å²) in [5.74, 6) is -10.9. The lowest BCUT2D eigenvalue weighted by Gasteiger charge is -2.32. The van der Waals surface area contributed by atoms with Crippen molar-refractivity contribution in [2.75, 3.05) is 17.7 Å². The van der Waals surface area contributed by atoms with Crippen LogP contribution in [0.15, 0.2) is 95.3 Å². The molecular weight excluding hydrogens is 1300 g/mol. The first-order chi connectivity index (χ1) is 44.3. The Morgan fingerprint density at radius 2 is 1.08 bits per heavy atom. The number of nitrogens with one attached hydrogen (secondary N) is 4. The van der Waals surface area contributed by atoms with Crippen molar-refractivity contribution in [2.45, 2.75) is 129 Å². The van der Waals surface area contributed by atoms with Crippen LogP contribution in [0.1, 0.15) is 97.9 Å². The summed E-state index contributed by atoms with van der Waals surface area (Å²) in [5, 5.41) is 18.2. The molecule has 0 radical (unpaired) electrons. The Morgan fingerprint density at radius 1 is 0.663 bits per heavy atom. The van der Waals surface area contributed by atoms with E-state index in [2.05, 4.69) is 30.6 Å². The molecule has 1 saturated heterocycles. The topological polar surface area (TPSA) is 269 Å². The summed E-state index contributed by atoms with van der Waals surface area (Å²) >= 11 is 5.47. The number of rotatable bonds is 18. The number of carboxylic acids is 1. The fraction of sp³-hybridized carbons (Fsp3) is 0.377. The zero-order valence-electron chi connectivity index (χ0n) is 52.7. The van der Waals surface area contributed by atoms with Crippen molar-refractivity contribution < 1.29 is 82.2 Å². The summed E-state index contributed by atoms with van der Waals surface area (Å²) in [6.07, 6.45) is -1.41. The molecule has 0 aliphatic carbocycles. The number of aromatic nitrogens is 8. The van der Waals surface area contributed by atoms with Crippen molar-refractivity contribution >= 4 is 70.6 Å². The molecule has 2 aromatic carbocycles. The summed E-state index contributed by atoms with van der Waals surface area (Å²) in [6.45, 7) is 13.6. The number of carboxylic acid groups (broad SMARTS) is 1. The molecular formula is C61H64BClF10N12O10. The smallest absolute Gasteiger partial charge is 0.480 e. The van der Waals surface area contributed by atoms with Crippen molar-refractivity contribution in [1.29, 1.82) is 0 Å². The highest BCUT2D eigenvalue weighted by Crippen LogP contribution is 2.37. The normalized spacial score (nSPS) is 14.8. The van der Waals surface area contributed by atoms with Gasteiger partial charge in [-0.3, -0.25) is 19.2 Å². The van der Waals surface area contributed by atoms with Crippen molar-refractivity contribution in [3.63, 3.8) is 0 Å². The van der Waals surface area contributed by atoms with Gasteiger partial charge in [-0.25, -0.2) is 47.1 Å². The van der Waals surface area contributed by atoms with Gasteiger partial charge in [-0.15, -0.1) is 0 Å². The van der Waals surface area contributed by atoms with Gasteiger partial charge in [0.15, 0.2) is 5.15 Å². The SMILES string of the molecule is CC[C@@H](Nc1cc(F)c(C(=O)N[C@@H](Cc2ccc(-c3nc(C)cn(C)c3=O)c3nccn23)C(=O)O)c(F)c1)C(F)(F)F.CC[C@@H](Nc1cc(F)c(C(=O)N[C@@H](Cc2ccc(B3OC(C)(C)C(C)(C)O3)c3nccn23)C(=O)OC)c(F)c1)C(F)(F)F.Cc1cn(C)c(=O)c(Cl)n1. The van der Waals surface area contributed by atoms with Gasteiger partial charge in [0.05, 0.1) is 29.7 Å². The largest absolute Gasteiger partial charge is 0.498 e. The third-order valence-electron chi connectivity index (χ3n) is 15.5. The van der Waals surface area contributed by atoms with Crippen LogP contribution >= 0.6 is 11.6 Å². The summed E-state index contributed by atoms with van der Waals surface area (Å²) in [6, 6.07) is 1.44. The van der Waals surface area contributed by atoms with Crippen LogP contribution in [0.2, 0.25) is 5.15 Å². The highest BCUT2D eigenvalue weighted by atomic mass is 35.5. The molecule has 95 heavy (non-hydrogen) atoms. The number of carbonyl (C=O) groups excluding carboxylic acids is 3. The Kier molecular flexibility index (Phi) is 22.4. The predicted molar refractivity (Wildman–Crippen MR) is 328 cm³/mol. The van der Waals surface area contributed by atoms with E-state index in [9.17, 15) is 77.8 Å². The number of benzene rings is 2. The van der Waals surface area contributed by atoms with Crippen LogP contribution in [0.5, 0.6) is 0 Å². The molecule has 8 aromatic rings. The van der Waals surface area contributed by atoms with Gasteiger partial charge in [0.25, 0.3) is 22.9 Å². The maximum absolute atomic E-state index is 14.9. The second kappa shape index (κ2) is 29.1. The highest BCUT2D eigenvalue weighted by Gasteiger charge is 2.52. The molecule has 0 saturated carbocycles. The first kappa shape index (κ1) is 73.1. The number of esters is 1. The van der Waals surface area contributed by atoms with Crippen LogP contribution in [0.4, 0.5) is 55.3 Å². The number of nitrogens with zero attached hydrogens (tertiary/aromatic N) is 8. The van der Waals surface area contributed by atoms with E-state index in [0.29, 0.717) is 58.0 Å². The molecule has 0 spiro atoms. The van der Waals surface area contributed by atoms with E-state index in [4.69, 9.17) is 25.6 Å². The summed E-state index contributed by atoms with van der Waals surface area (Å²) < 4.78 is 161. The van der Waals surface area contributed by atoms with Gasteiger partial charge in [0.1, 0.15) is 75.6 Å². The van der Waals surface area contributed by atoms with Crippen molar-refractivity contribution in [1.82, 2.24) is 48.5 Å². The number of aryl methyl sites for hydroxylation is 4. The molecule has 1 aliphatic rings. The number of ether oxygens (including phenoxy) is 1. The zero-order valence-corrected chi connectivity index (χ0v) is 53.4. The Balaban J connectivity index is 0.000000234. The van der Waals surface area contributed by atoms with Crippen LogP contribution in [-0.2, 0) is 50.6 Å². The molecule has 508 valence electrons. The quantitative estimate of drug-likeness (QED) is 0.0305. The third kappa shape index (κ3) is 16.8. The number of pyridine rings is 2. The number of hydrogen-bond donors (Lipinski definition) is 5. The number of halogens is 11. The van der Waals surface area contributed by atoms with Gasteiger partial charge in [-0.1, -0.05) is 31.5 Å². The molecule has 2 amide bonds. The first-order valence-corrected chi connectivity index (χ1v) is 29.3. The molecule has 5 N–H and O–H groups in total. The minimum atomic E-state index is -4.68. The molecule has 4 atom stereocenters. The number of amides is 2. The van der Waals surface area contributed by atoms with Gasteiger partial charge in [-0.05, 0) is 96.8 Å². The monoisotopic (exact) mass is 1360 g/mol. The van der Waals surface area contributed by atoms with E-state index in [-0.39, 0.29) is 40.5 Å². The number of fused-ring (bicyclic) bond motifs is 2. The van der Waals surface area contributed by atoms with E-state index >= 15 is 0 Å². The first-order valence-electron chi connectivity index (χ1n) is 28.9. The molecule has 22 nitrogen and oxygen atoms in total. The van der Waals surface area contributed by atoms with Crippen LogP contribution < -0.4 is 37.8 Å². The second-order valence-corrected chi connectivity index (χ2v) is 23.2. The maximum Gasteiger partial charge on any atom is 0.498 e. The Morgan fingerprint density at radius 3 is 1.53 bits per heavy atom. The van der Waals surface area contributed by atoms with Crippen molar-refractivity contribution in [2.24, 2.45) is 14.1 Å². The van der Waals surface area contributed by atoms with E-state index in [1.807, 2.05) is 38.3 Å². The van der Waals surface area contributed by atoms with Gasteiger partial charge in [0, 0.05) is 97.9 Å². The zero-order chi connectivity index (χ0) is 70.6. The number of aliphatic carboxylic acids is 1. The van der Waals surface area contributed by atoms with Crippen LogP contribution in [0, 0.1) is 37.1 Å². The molecule has 0 bridgehead atoms. The minimum absolute atomic E-state index is 0.0301. The minimum Gasteiger partial charge on any atom is -0.480 e. The van der Waals surface area contributed by atoms with Gasteiger partial charge in [-0.2, -0.15) is 26.3 Å². The molecule has 6 aromatic heterocycles. The number of imidazole rings is 2. The van der Waals surface area contributed by atoms with E-state index < -0.39 is 137 Å².